The van der Waals surface area contributed by atoms with Crippen molar-refractivity contribution >= 4 is 10.0 Å². The van der Waals surface area contributed by atoms with Gasteiger partial charge in [-0.2, -0.15) is 5.10 Å². The molecule has 1 heterocycles. The zero-order chi connectivity index (χ0) is 12.6. The highest BCUT2D eigenvalue weighted by Gasteiger charge is 2.30. The van der Waals surface area contributed by atoms with Gasteiger partial charge in [0.25, 0.3) is 0 Å². The van der Waals surface area contributed by atoms with E-state index in [0.717, 1.165) is 0 Å². The van der Waals surface area contributed by atoms with E-state index in [4.69, 9.17) is 5.73 Å². The van der Waals surface area contributed by atoms with E-state index in [9.17, 15) is 8.42 Å². The lowest BCUT2D eigenvalue weighted by Gasteiger charge is -2.29. The van der Waals surface area contributed by atoms with Gasteiger partial charge in [-0.15, -0.1) is 0 Å². The molecule has 0 aliphatic carbocycles. The van der Waals surface area contributed by atoms with Crippen LogP contribution in [0.15, 0.2) is 11.1 Å². The highest BCUT2D eigenvalue weighted by molar-refractivity contribution is 7.89. The van der Waals surface area contributed by atoms with Gasteiger partial charge < -0.3 is 5.73 Å². The van der Waals surface area contributed by atoms with Crippen LogP contribution >= 0.6 is 0 Å². The molecule has 1 rings (SSSR count). The summed E-state index contributed by atoms with van der Waals surface area (Å²) >= 11 is 0. The summed E-state index contributed by atoms with van der Waals surface area (Å²) in [5, 5.41) is 6.28. The van der Waals surface area contributed by atoms with Crippen molar-refractivity contribution in [3.8, 4) is 0 Å². The Morgan fingerprint density at radius 3 is 2.50 bits per heavy atom. The summed E-state index contributed by atoms with van der Waals surface area (Å²) in [5.74, 6) is 0. The van der Waals surface area contributed by atoms with Crippen LogP contribution in [0.5, 0.6) is 0 Å². The molecular weight excluding hydrogens is 228 g/mol. The fraction of sp³-hybridized carbons (Fsp3) is 0.667. The quantitative estimate of drug-likeness (QED) is 0.702. The molecule has 0 saturated carbocycles. The molecule has 1 atom stereocenters. The molecule has 1 unspecified atom stereocenters. The predicted molar refractivity (Wildman–Crippen MR) is 61.4 cm³/mol. The molecule has 0 aliphatic heterocycles. The summed E-state index contributed by atoms with van der Waals surface area (Å²) in [6, 6.07) is -0.297. The number of nitrogens with one attached hydrogen (secondary N) is 2. The molecule has 92 valence electrons. The lowest BCUT2D eigenvalue weighted by Crippen LogP contribution is -2.54. The third-order valence-electron chi connectivity index (χ3n) is 2.61. The van der Waals surface area contributed by atoms with Crippen molar-refractivity contribution in [2.45, 2.75) is 44.2 Å². The highest BCUT2D eigenvalue weighted by atomic mass is 32.2. The van der Waals surface area contributed by atoms with Gasteiger partial charge in [-0.05, 0) is 27.7 Å². The molecule has 1 aromatic heterocycles. The predicted octanol–water partition coefficient (Wildman–Crippen LogP) is 0.122. The Bertz CT molecular complexity index is 462. The molecule has 0 radical (unpaired) electrons. The summed E-state index contributed by atoms with van der Waals surface area (Å²) in [7, 11) is -3.57. The minimum atomic E-state index is -3.57. The number of aromatic amines is 1. The van der Waals surface area contributed by atoms with Crippen LogP contribution in [-0.4, -0.2) is 30.2 Å². The van der Waals surface area contributed by atoms with Crippen molar-refractivity contribution in [2.75, 3.05) is 0 Å². The Labute approximate surface area is 95.7 Å². The number of rotatable bonds is 4. The third kappa shape index (κ3) is 2.60. The first kappa shape index (κ1) is 13.1. The number of hydrogen-bond donors (Lipinski definition) is 3. The SMILES string of the molecule is Cc1[nH]ncc1S(=O)(=O)NC(C)(C)C(C)N. The molecular formula is C9H18N4O2S. The highest BCUT2D eigenvalue weighted by Crippen LogP contribution is 2.16. The van der Waals surface area contributed by atoms with Gasteiger partial charge in [0.05, 0.1) is 11.9 Å². The number of nitrogens with zero attached hydrogens (tertiary/aromatic N) is 1. The van der Waals surface area contributed by atoms with Gasteiger partial charge in [0, 0.05) is 11.6 Å². The minimum absolute atomic E-state index is 0.154. The van der Waals surface area contributed by atoms with Crippen molar-refractivity contribution in [2.24, 2.45) is 5.73 Å². The largest absolute Gasteiger partial charge is 0.326 e. The lowest BCUT2D eigenvalue weighted by molar-refractivity contribution is 0.387. The first-order chi connectivity index (χ1) is 7.17. The smallest absolute Gasteiger partial charge is 0.244 e. The van der Waals surface area contributed by atoms with E-state index in [1.807, 2.05) is 0 Å². The second-order valence-corrected chi connectivity index (χ2v) is 6.13. The molecule has 0 spiro atoms. The van der Waals surface area contributed by atoms with E-state index in [0.29, 0.717) is 5.69 Å². The standard InChI is InChI=1S/C9H18N4O2S/c1-6-8(5-11-12-6)16(14,15)13-9(3,4)7(2)10/h5,7,13H,10H2,1-4H3,(H,11,12). The van der Waals surface area contributed by atoms with Crippen LogP contribution in [0.2, 0.25) is 0 Å². The van der Waals surface area contributed by atoms with Crippen molar-refractivity contribution in [1.82, 2.24) is 14.9 Å². The van der Waals surface area contributed by atoms with E-state index >= 15 is 0 Å². The van der Waals surface area contributed by atoms with Crippen LogP contribution < -0.4 is 10.5 Å². The third-order valence-corrected chi connectivity index (χ3v) is 4.39. The molecule has 1 aromatic rings. The van der Waals surface area contributed by atoms with Crippen molar-refractivity contribution in [1.29, 1.82) is 0 Å². The van der Waals surface area contributed by atoms with Gasteiger partial charge in [0.2, 0.25) is 10.0 Å². The van der Waals surface area contributed by atoms with Crippen LogP contribution in [0.3, 0.4) is 0 Å². The Morgan fingerprint density at radius 2 is 2.12 bits per heavy atom. The maximum atomic E-state index is 12.0. The fourth-order valence-electron chi connectivity index (χ4n) is 1.10. The zero-order valence-corrected chi connectivity index (χ0v) is 10.7. The van der Waals surface area contributed by atoms with Crippen LogP contribution in [0.1, 0.15) is 26.5 Å². The van der Waals surface area contributed by atoms with E-state index in [2.05, 4.69) is 14.9 Å². The van der Waals surface area contributed by atoms with Gasteiger partial charge >= 0.3 is 0 Å². The Hall–Kier alpha value is -0.920. The summed E-state index contributed by atoms with van der Waals surface area (Å²) in [5.41, 5.74) is 5.52. The number of hydrogen-bond acceptors (Lipinski definition) is 4. The number of sulfonamides is 1. The maximum Gasteiger partial charge on any atom is 0.244 e. The number of H-pyrrole nitrogens is 1. The van der Waals surface area contributed by atoms with Gasteiger partial charge in [-0.3, -0.25) is 5.10 Å². The summed E-state index contributed by atoms with van der Waals surface area (Å²) < 4.78 is 26.6. The molecule has 4 N–H and O–H groups in total. The molecule has 0 aromatic carbocycles. The summed E-state index contributed by atoms with van der Waals surface area (Å²) in [6.45, 7) is 6.89. The number of aromatic nitrogens is 2. The number of nitrogens with two attached hydrogens (primary N) is 1. The maximum absolute atomic E-state index is 12.0. The second-order valence-electron chi connectivity index (χ2n) is 4.48. The average Bonchev–Trinajstić information content (AvgIpc) is 2.49. The van der Waals surface area contributed by atoms with Gasteiger partial charge in [0.1, 0.15) is 4.90 Å². The van der Waals surface area contributed by atoms with Gasteiger partial charge in [-0.1, -0.05) is 0 Å². The van der Waals surface area contributed by atoms with Gasteiger partial charge in [-0.25, -0.2) is 13.1 Å². The van der Waals surface area contributed by atoms with Crippen LogP contribution in [0.4, 0.5) is 0 Å². The Balaban J connectivity index is 3.03. The van der Waals surface area contributed by atoms with Gasteiger partial charge in [0.15, 0.2) is 0 Å². The second kappa shape index (κ2) is 4.15. The molecule has 0 saturated heterocycles. The van der Waals surface area contributed by atoms with E-state index in [1.165, 1.54) is 6.20 Å². The van der Waals surface area contributed by atoms with Crippen LogP contribution in [-0.2, 0) is 10.0 Å². The van der Waals surface area contributed by atoms with E-state index in [-0.39, 0.29) is 10.9 Å². The Morgan fingerprint density at radius 1 is 1.56 bits per heavy atom. The zero-order valence-electron chi connectivity index (χ0n) is 9.90. The average molecular weight is 246 g/mol. The molecule has 0 bridgehead atoms. The monoisotopic (exact) mass is 246 g/mol. The minimum Gasteiger partial charge on any atom is -0.326 e. The van der Waals surface area contributed by atoms with Crippen molar-refractivity contribution in [3.05, 3.63) is 11.9 Å². The molecule has 0 fully saturated rings. The first-order valence-corrected chi connectivity index (χ1v) is 6.44. The Kier molecular flexibility index (Phi) is 3.41. The molecule has 0 amide bonds. The number of aryl methyl sites for hydroxylation is 1. The molecule has 7 heteroatoms. The summed E-state index contributed by atoms with van der Waals surface area (Å²) in [4.78, 5) is 0.154. The van der Waals surface area contributed by atoms with E-state index < -0.39 is 15.6 Å². The fourth-order valence-corrected chi connectivity index (χ4v) is 2.73. The van der Waals surface area contributed by atoms with E-state index in [1.54, 1.807) is 27.7 Å². The van der Waals surface area contributed by atoms with Crippen LogP contribution in [0.25, 0.3) is 0 Å². The topological polar surface area (TPSA) is 101 Å². The molecule has 0 aliphatic rings. The lowest BCUT2D eigenvalue weighted by atomic mass is 9.99. The van der Waals surface area contributed by atoms with Crippen molar-refractivity contribution in [3.63, 3.8) is 0 Å². The molecule has 6 nitrogen and oxygen atoms in total. The first-order valence-electron chi connectivity index (χ1n) is 4.96. The molecule has 16 heavy (non-hydrogen) atoms. The normalized spacial score (nSPS) is 15.1. The van der Waals surface area contributed by atoms with Crippen LogP contribution in [0, 0.1) is 6.92 Å². The van der Waals surface area contributed by atoms with Crippen molar-refractivity contribution < 1.29 is 8.42 Å². The summed E-state index contributed by atoms with van der Waals surface area (Å²) in [6.07, 6.45) is 1.29.